The molecule has 1 aliphatic carbocycles. The zero-order valence-corrected chi connectivity index (χ0v) is 15.1. The number of rotatable bonds is 4. The van der Waals surface area contributed by atoms with Gasteiger partial charge in [0.15, 0.2) is 0 Å². The van der Waals surface area contributed by atoms with E-state index >= 15 is 0 Å². The number of likely N-dealkylation sites (tertiary alicyclic amines) is 1. The molecule has 1 aliphatic heterocycles. The van der Waals surface area contributed by atoms with Gasteiger partial charge in [-0.25, -0.2) is 0 Å². The minimum atomic E-state index is 0.215. The fourth-order valence-electron chi connectivity index (χ4n) is 4.55. The Kier molecular flexibility index (Phi) is 4.64. The van der Waals surface area contributed by atoms with Crippen LogP contribution in [-0.2, 0) is 11.3 Å². The van der Waals surface area contributed by atoms with Crippen LogP contribution in [0.4, 0.5) is 0 Å². The lowest BCUT2D eigenvalue weighted by molar-refractivity contribution is -0.137. The predicted octanol–water partition coefficient (Wildman–Crippen LogP) is 3.42. The summed E-state index contributed by atoms with van der Waals surface area (Å²) >= 11 is 0. The highest BCUT2D eigenvalue weighted by Crippen LogP contribution is 2.34. The van der Waals surface area contributed by atoms with Crippen LogP contribution in [0.2, 0.25) is 0 Å². The van der Waals surface area contributed by atoms with Crippen LogP contribution in [0, 0.1) is 12.8 Å². The van der Waals surface area contributed by atoms with E-state index in [1.165, 1.54) is 5.56 Å². The van der Waals surface area contributed by atoms with Gasteiger partial charge in [0, 0.05) is 37.1 Å². The third kappa shape index (κ3) is 3.51. The van der Waals surface area contributed by atoms with Gasteiger partial charge in [0.2, 0.25) is 5.91 Å². The van der Waals surface area contributed by atoms with Crippen molar-refractivity contribution in [1.82, 2.24) is 19.2 Å². The fourth-order valence-corrected chi connectivity index (χ4v) is 4.55. The summed E-state index contributed by atoms with van der Waals surface area (Å²) in [6, 6.07) is 5.06. The second-order valence-electron chi connectivity index (χ2n) is 7.70. The second-order valence-corrected chi connectivity index (χ2v) is 7.70. The van der Waals surface area contributed by atoms with Crippen LogP contribution in [0.3, 0.4) is 0 Å². The molecular weight excluding hydrogens is 312 g/mol. The highest BCUT2D eigenvalue weighted by atomic mass is 16.2. The molecule has 4 rings (SSSR count). The van der Waals surface area contributed by atoms with Gasteiger partial charge in [0.05, 0.1) is 18.8 Å². The average molecular weight is 340 g/mol. The SMILES string of the molecule is Cc1cnn(C[C@@H]2CCCN2C(=O)C2CCC(n3cccc3)CC2)c1. The van der Waals surface area contributed by atoms with Gasteiger partial charge in [-0.1, -0.05) is 0 Å². The summed E-state index contributed by atoms with van der Waals surface area (Å²) in [5.74, 6) is 0.601. The number of aromatic nitrogens is 3. The summed E-state index contributed by atoms with van der Waals surface area (Å²) in [4.78, 5) is 15.2. The molecule has 1 atom stereocenters. The number of carbonyl (C=O) groups is 1. The normalized spacial score (nSPS) is 26.9. The van der Waals surface area contributed by atoms with Crippen LogP contribution in [-0.4, -0.2) is 37.7 Å². The molecule has 25 heavy (non-hydrogen) atoms. The van der Waals surface area contributed by atoms with Gasteiger partial charge >= 0.3 is 0 Å². The van der Waals surface area contributed by atoms with Crippen molar-refractivity contribution >= 4 is 5.91 Å². The van der Waals surface area contributed by atoms with Gasteiger partial charge in [-0.2, -0.15) is 5.10 Å². The molecule has 0 radical (unpaired) electrons. The summed E-state index contributed by atoms with van der Waals surface area (Å²) < 4.78 is 4.30. The van der Waals surface area contributed by atoms with Crippen LogP contribution in [0.5, 0.6) is 0 Å². The minimum Gasteiger partial charge on any atom is -0.351 e. The first kappa shape index (κ1) is 16.4. The Balaban J connectivity index is 1.35. The maximum absolute atomic E-state index is 13.1. The Labute approximate surface area is 149 Å². The third-order valence-electron chi connectivity index (χ3n) is 5.92. The van der Waals surface area contributed by atoms with Crippen LogP contribution >= 0.6 is 0 Å². The van der Waals surface area contributed by atoms with Crippen LogP contribution in [0.1, 0.15) is 50.1 Å². The van der Waals surface area contributed by atoms with Crippen molar-refractivity contribution in [2.75, 3.05) is 6.54 Å². The fraction of sp³-hybridized carbons (Fsp3) is 0.600. The van der Waals surface area contributed by atoms with E-state index in [0.29, 0.717) is 18.0 Å². The molecule has 2 aromatic heterocycles. The lowest BCUT2D eigenvalue weighted by Gasteiger charge is -2.33. The summed E-state index contributed by atoms with van der Waals surface area (Å²) in [5, 5.41) is 4.40. The second kappa shape index (κ2) is 7.06. The summed E-state index contributed by atoms with van der Waals surface area (Å²) in [5.41, 5.74) is 1.18. The summed E-state index contributed by atoms with van der Waals surface area (Å²) in [6.07, 6.45) is 14.7. The van der Waals surface area contributed by atoms with Crippen LogP contribution in [0.15, 0.2) is 36.9 Å². The van der Waals surface area contributed by atoms with Crippen LogP contribution in [0.25, 0.3) is 0 Å². The lowest BCUT2D eigenvalue weighted by atomic mass is 9.85. The monoisotopic (exact) mass is 340 g/mol. The number of nitrogens with zero attached hydrogens (tertiary/aromatic N) is 4. The topological polar surface area (TPSA) is 43.1 Å². The van der Waals surface area contributed by atoms with Crippen molar-refractivity contribution in [3.63, 3.8) is 0 Å². The maximum atomic E-state index is 13.1. The Bertz CT molecular complexity index is 697. The molecule has 2 fully saturated rings. The zero-order chi connectivity index (χ0) is 17.2. The van der Waals surface area contributed by atoms with E-state index in [-0.39, 0.29) is 5.92 Å². The van der Waals surface area contributed by atoms with E-state index in [2.05, 4.69) is 52.2 Å². The number of hydrogen-bond donors (Lipinski definition) is 0. The van der Waals surface area contributed by atoms with Crippen molar-refractivity contribution in [2.24, 2.45) is 5.92 Å². The van der Waals surface area contributed by atoms with Gasteiger partial charge in [0.25, 0.3) is 0 Å². The maximum Gasteiger partial charge on any atom is 0.225 e. The highest BCUT2D eigenvalue weighted by molar-refractivity contribution is 5.79. The van der Waals surface area contributed by atoms with E-state index in [1.807, 2.05) is 10.9 Å². The number of amides is 1. The minimum absolute atomic E-state index is 0.215. The first-order valence-electron chi connectivity index (χ1n) is 9.62. The van der Waals surface area contributed by atoms with Gasteiger partial charge < -0.3 is 9.47 Å². The van der Waals surface area contributed by atoms with Crippen molar-refractivity contribution in [1.29, 1.82) is 0 Å². The Morgan fingerprint density at radius 1 is 1.16 bits per heavy atom. The van der Waals surface area contributed by atoms with E-state index in [9.17, 15) is 4.79 Å². The molecular formula is C20H28N4O. The molecule has 2 aromatic rings. The predicted molar refractivity (Wildman–Crippen MR) is 97.1 cm³/mol. The van der Waals surface area contributed by atoms with Gasteiger partial charge in [-0.3, -0.25) is 9.48 Å². The van der Waals surface area contributed by atoms with Gasteiger partial charge in [0.1, 0.15) is 0 Å². The summed E-state index contributed by atoms with van der Waals surface area (Å²) in [6.45, 7) is 3.81. The Morgan fingerprint density at radius 3 is 2.60 bits per heavy atom. The molecule has 0 spiro atoms. The molecule has 5 heteroatoms. The third-order valence-corrected chi connectivity index (χ3v) is 5.92. The Morgan fingerprint density at radius 2 is 1.92 bits per heavy atom. The zero-order valence-electron chi connectivity index (χ0n) is 15.1. The van der Waals surface area contributed by atoms with Gasteiger partial charge in [-0.05, 0) is 63.1 Å². The van der Waals surface area contributed by atoms with Crippen molar-refractivity contribution in [3.8, 4) is 0 Å². The molecule has 2 aliphatic rings. The van der Waals surface area contributed by atoms with Crippen molar-refractivity contribution < 1.29 is 4.79 Å². The average Bonchev–Trinajstić information content (AvgIpc) is 3.37. The molecule has 1 saturated carbocycles. The van der Waals surface area contributed by atoms with E-state index < -0.39 is 0 Å². The van der Waals surface area contributed by atoms with E-state index in [0.717, 1.165) is 51.6 Å². The van der Waals surface area contributed by atoms with Crippen molar-refractivity contribution in [3.05, 3.63) is 42.5 Å². The highest BCUT2D eigenvalue weighted by Gasteiger charge is 2.35. The molecule has 0 bridgehead atoms. The largest absolute Gasteiger partial charge is 0.351 e. The molecule has 3 heterocycles. The summed E-state index contributed by atoms with van der Waals surface area (Å²) in [7, 11) is 0. The van der Waals surface area contributed by atoms with E-state index in [4.69, 9.17) is 0 Å². The van der Waals surface area contributed by atoms with Crippen LogP contribution < -0.4 is 0 Å². The molecule has 134 valence electrons. The molecule has 1 amide bonds. The number of carbonyl (C=O) groups excluding carboxylic acids is 1. The molecule has 0 N–H and O–H groups in total. The Hall–Kier alpha value is -2.04. The van der Waals surface area contributed by atoms with E-state index in [1.54, 1.807) is 0 Å². The quantitative estimate of drug-likeness (QED) is 0.856. The number of aryl methyl sites for hydroxylation is 1. The first-order valence-corrected chi connectivity index (χ1v) is 9.62. The lowest BCUT2D eigenvalue weighted by Crippen LogP contribution is -2.42. The smallest absolute Gasteiger partial charge is 0.225 e. The number of hydrogen-bond acceptors (Lipinski definition) is 2. The molecule has 1 saturated heterocycles. The first-order chi connectivity index (χ1) is 12.2. The molecule has 5 nitrogen and oxygen atoms in total. The molecule has 0 aromatic carbocycles. The van der Waals surface area contributed by atoms with Gasteiger partial charge in [-0.15, -0.1) is 0 Å². The standard InChI is InChI=1S/C20H28N4O/c1-16-13-21-23(14-16)15-19-5-4-12-24(19)20(25)17-6-8-18(9-7-17)22-10-2-3-11-22/h2-3,10-11,13-14,17-19H,4-9,12,15H2,1H3/t17?,18?,19-/m0/s1. The van der Waals surface area contributed by atoms with Crippen molar-refractivity contribution in [2.45, 2.75) is 64.1 Å². The molecule has 0 unspecified atom stereocenters.